The summed E-state index contributed by atoms with van der Waals surface area (Å²) in [6.07, 6.45) is 0. The maximum Gasteiger partial charge on any atom is 0.261 e. The molecule has 3 aliphatic heterocycles. The highest BCUT2D eigenvalue weighted by Crippen LogP contribution is 2.26. The van der Waals surface area contributed by atoms with Gasteiger partial charge < -0.3 is 28.7 Å². The van der Waals surface area contributed by atoms with Crippen molar-refractivity contribution < 1.29 is 47.7 Å². The van der Waals surface area contributed by atoms with Gasteiger partial charge in [0.1, 0.15) is 0 Å². The number of ether oxygens (including phenoxy) is 4. The maximum atomic E-state index is 13.7. The standard InChI is InChI=1S/C44H44N4O10/c49-39(33-13-9-31(10-14-33)29-47-41(51)35-5-1-2-6-36(35)42(47)52)45-17-21-55-22-18-46(20-24-57-26-28-58-27-25-56-23-19-45)40(50)34-15-11-32(12-16-34)30-48-43(53)37-7-3-4-8-38(37)44(48)54/h1-16H,17-30H2. The Kier molecular flexibility index (Phi) is 13.1. The first-order chi connectivity index (χ1) is 28.3. The van der Waals surface area contributed by atoms with Crippen LogP contribution in [0.25, 0.3) is 0 Å². The number of fused-ring (bicyclic) bond motifs is 2. The lowest BCUT2D eigenvalue weighted by Gasteiger charge is -2.25. The fourth-order valence-electron chi connectivity index (χ4n) is 6.97. The molecule has 4 aromatic rings. The first kappa shape index (κ1) is 40.1. The minimum absolute atomic E-state index is 0.0873. The van der Waals surface area contributed by atoms with E-state index in [-0.39, 0.29) is 88.0 Å². The molecule has 1 fully saturated rings. The Morgan fingerprint density at radius 3 is 0.983 bits per heavy atom. The summed E-state index contributed by atoms with van der Waals surface area (Å²) in [5.74, 6) is -1.84. The molecule has 0 bridgehead atoms. The van der Waals surface area contributed by atoms with Crippen LogP contribution in [0.4, 0.5) is 0 Å². The van der Waals surface area contributed by atoms with Crippen molar-refractivity contribution in [1.29, 1.82) is 0 Å². The summed E-state index contributed by atoms with van der Waals surface area (Å²) in [4.78, 5) is 84.5. The van der Waals surface area contributed by atoms with Crippen molar-refractivity contribution >= 4 is 35.4 Å². The summed E-state index contributed by atoms with van der Waals surface area (Å²) in [5.41, 5.74) is 3.81. The van der Waals surface area contributed by atoms with Gasteiger partial charge in [0.25, 0.3) is 35.4 Å². The van der Waals surface area contributed by atoms with Gasteiger partial charge in [0.2, 0.25) is 0 Å². The molecular weight excluding hydrogens is 745 g/mol. The molecule has 0 unspecified atom stereocenters. The van der Waals surface area contributed by atoms with Gasteiger partial charge in [-0.25, -0.2) is 0 Å². The topological polar surface area (TPSA) is 152 Å². The Balaban J connectivity index is 0.944. The van der Waals surface area contributed by atoms with Gasteiger partial charge in [-0.15, -0.1) is 0 Å². The predicted octanol–water partition coefficient (Wildman–Crippen LogP) is 3.94. The van der Waals surface area contributed by atoms with Gasteiger partial charge in [-0.2, -0.15) is 0 Å². The highest BCUT2D eigenvalue weighted by molar-refractivity contribution is 6.22. The third-order valence-corrected chi connectivity index (χ3v) is 10.2. The van der Waals surface area contributed by atoms with Gasteiger partial charge in [0, 0.05) is 37.3 Å². The van der Waals surface area contributed by atoms with Crippen molar-refractivity contribution in [3.8, 4) is 0 Å². The van der Waals surface area contributed by atoms with E-state index in [4.69, 9.17) is 18.9 Å². The van der Waals surface area contributed by atoms with Gasteiger partial charge in [0.05, 0.1) is 88.2 Å². The summed E-state index contributed by atoms with van der Waals surface area (Å²) >= 11 is 0. The van der Waals surface area contributed by atoms with Crippen molar-refractivity contribution in [2.75, 3.05) is 79.0 Å². The summed E-state index contributed by atoms with van der Waals surface area (Å²) in [7, 11) is 0. The molecule has 14 nitrogen and oxygen atoms in total. The Bertz CT molecular complexity index is 1940. The number of hydrogen-bond acceptors (Lipinski definition) is 10. The zero-order valence-electron chi connectivity index (χ0n) is 32.0. The minimum Gasteiger partial charge on any atom is -0.378 e. The van der Waals surface area contributed by atoms with Gasteiger partial charge in [-0.05, 0) is 59.7 Å². The van der Waals surface area contributed by atoms with Crippen molar-refractivity contribution in [2.45, 2.75) is 13.1 Å². The Morgan fingerprint density at radius 1 is 0.397 bits per heavy atom. The van der Waals surface area contributed by atoms with E-state index in [0.29, 0.717) is 84.0 Å². The Labute approximate surface area is 335 Å². The molecule has 0 aromatic heterocycles. The average Bonchev–Trinajstić information content (AvgIpc) is 3.63. The molecule has 0 aliphatic carbocycles. The lowest BCUT2D eigenvalue weighted by molar-refractivity contribution is 0.00202. The zero-order valence-corrected chi connectivity index (χ0v) is 32.0. The van der Waals surface area contributed by atoms with Crippen molar-refractivity contribution in [2.24, 2.45) is 0 Å². The molecule has 0 atom stereocenters. The van der Waals surface area contributed by atoms with Crippen molar-refractivity contribution in [1.82, 2.24) is 19.6 Å². The smallest absolute Gasteiger partial charge is 0.261 e. The summed E-state index contributed by atoms with van der Waals surface area (Å²) in [6.45, 7) is 3.66. The minimum atomic E-state index is -0.344. The fourth-order valence-corrected chi connectivity index (χ4v) is 6.97. The molecule has 7 rings (SSSR count). The predicted molar refractivity (Wildman–Crippen MR) is 209 cm³/mol. The third kappa shape index (κ3) is 9.21. The lowest BCUT2D eigenvalue weighted by Crippen LogP contribution is -2.39. The van der Waals surface area contributed by atoms with Crippen LogP contribution in [-0.4, -0.2) is 134 Å². The zero-order chi connectivity index (χ0) is 40.4. The second-order valence-electron chi connectivity index (χ2n) is 13.9. The molecule has 3 heterocycles. The van der Waals surface area contributed by atoms with Gasteiger partial charge in [0.15, 0.2) is 0 Å². The van der Waals surface area contributed by atoms with E-state index in [1.165, 1.54) is 9.80 Å². The number of hydrogen-bond donors (Lipinski definition) is 0. The Hall–Kier alpha value is -6.06. The number of nitrogens with zero attached hydrogens (tertiary/aromatic N) is 4. The number of benzene rings is 4. The fraction of sp³-hybridized carbons (Fsp3) is 0.318. The van der Waals surface area contributed by atoms with E-state index in [9.17, 15) is 28.8 Å². The SMILES string of the molecule is O=C(c1ccc(CN2C(=O)c3ccccc3C2=O)cc1)N1CCOCCOCCOCCN(C(=O)c2ccc(CN3C(=O)c4ccccc4C3=O)cc2)CCOCC1. The molecule has 0 saturated carbocycles. The highest BCUT2D eigenvalue weighted by Gasteiger charge is 2.36. The van der Waals surface area contributed by atoms with Crippen LogP contribution < -0.4 is 0 Å². The van der Waals surface area contributed by atoms with E-state index < -0.39 is 0 Å². The third-order valence-electron chi connectivity index (χ3n) is 10.2. The largest absolute Gasteiger partial charge is 0.378 e. The van der Waals surface area contributed by atoms with Gasteiger partial charge in [-0.1, -0.05) is 48.5 Å². The molecule has 14 heteroatoms. The van der Waals surface area contributed by atoms with Crippen LogP contribution in [0.2, 0.25) is 0 Å². The molecule has 4 aromatic carbocycles. The van der Waals surface area contributed by atoms with Crippen LogP contribution in [0.15, 0.2) is 97.1 Å². The van der Waals surface area contributed by atoms with Crippen molar-refractivity contribution in [3.63, 3.8) is 0 Å². The van der Waals surface area contributed by atoms with E-state index in [0.717, 1.165) is 0 Å². The summed E-state index contributed by atoms with van der Waals surface area (Å²) in [6, 6.07) is 27.1. The number of rotatable bonds is 6. The molecule has 3 aliphatic rings. The van der Waals surface area contributed by atoms with Gasteiger partial charge >= 0.3 is 0 Å². The quantitative estimate of drug-likeness (QED) is 0.263. The second-order valence-corrected chi connectivity index (χ2v) is 13.9. The Morgan fingerprint density at radius 2 is 0.672 bits per heavy atom. The van der Waals surface area contributed by atoms with Crippen molar-refractivity contribution in [3.05, 3.63) is 142 Å². The van der Waals surface area contributed by atoms with E-state index >= 15 is 0 Å². The monoisotopic (exact) mass is 788 g/mol. The van der Waals surface area contributed by atoms with Crippen LogP contribution >= 0.6 is 0 Å². The highest BCUT2D eigenvalue weighted by atomic mass is 16.5. The lowest BCUT2D eigenvalue weighted by atomic mass is 10.1. The van der Waals surface area contributed by atoms with E-state index in [1.807, 2.05) is 0 Å². The molecule has 0 spiro atoms. The number of carbonyl (C=O) groups is 6. The first-order valence-corrected chi connectivity index (χ1v) is 19.3. The molecule has 6 amide bonds. The maximum absolute atomic E-state index is 13.7. The van der Waals surface area contributed by atoms with Crippen LogP contribution in [0.1, 0.15) is 73.3 Å². The van der Waals surface area contributed by atoms with Crippen LogP contribution in [-0.2, 0) is 32.0 Å². The van der Waals surface area contributed by atoms with Crippen LogP contribution in [0.5, 0.6) is 0 Å². The number of carbonyl (C=O) groups excluding carboxylic acids is 6. The molecule has 58 heavy (non-hydrogen) atoms. The summed E-state index contributed by atoms with van der Waals surface area (Å²) < 4.78 is 23.1. The second kappa shape index (κ2) is 18.9. The van der Waals surface area contributed by atoms with E-state index in [2.05, 4.69) is 0 Å². The molecule has 0 N–H and O–H groups in total. The normalized spacial score (nSPS) is 17.5. The van der Waals surface area contributed by atoms with E-state index in [1.54, 1.807) is 107 Å². The first-order valence-electron chi connectivity index (χ1n) is 19.3. The molecular formula is C44H44N4O10. The molecule has 300 valence electrons. The van der Waals surface area contributed by atoms with Crippen LogP contribution in [0.3, 0.4) is 0 Å². The van der Waals surface area contributed by atoms with Crippen LogP contribution in [0, 0.1) is 0 Å². The summed E-state index contributed by atoms with van der Waals surface area (Å²) in [5, 5.41) is 0. The molecule has 1 saturated heterocycles. The number of imide groups is 2. The molecule has 0 radical (unpaired) electrons. The number of amides is 6. The average molecular weight is 789 g/mol. The van der Waals surface area contributed by atoms with Gasteiger partial charge in [-0.3, -0.25) is 38.6 Å².